The molecule has 6 atom stereocenters. The third kappa shape index (κ3) is 6.94. The highest BCUT2D eigenvalue weighted by atomic mass is 32.1. The van der Waals surface area contributed by atoms with Crippen LogP contribution in [0.3, 0.4) is 0 Å². The Morgan fingerprint density at radius 1 is 1.21 bits per heavy atom. The molecule has 0 spiro atoms. The second-order valence-corrected chi connectivity index (χ2v) is 10.2. The van der Waals surface area contributed by atoms with Gasteiger partial charge in [-0.2, -0.15) is 8.62 Å². The van der Waals surface area contributed by atoms with E-state index < -0.39 is 60.2 Å². The van der Waals surface area contributed by atoms with Gasteiger partial charge in [-0.05, 0) is 12.2 Å². The minimum Gasteiger partial charge on any atom is -0.385 e. The number of aliphatic hydroxyl groups excluding tert-OH is 1. The maximum Gasteiger partial charge on any atom is 0.490 e. The van der Waals surface area contributed by atoms with Crippen molar-refractivity contribution < 1.29 is 60.6 Å². The fourth-order valence-electron chi connectivity index (χ4n) is 2.17. The van der Waals surface area contributed by atoms with Crippen molar-refractivity contribution in [3.63, 3.8) is 0 Å². The summed E-state index contributed by atoms with van der Waals surface area (Å²) in [6.07, 6.45) is -6.09. The van der Waals surface area contributed by atoms with Crippen LogP contribution in [0.4, 0.5) is 4.39 Å². The first-order chi connectivity index (χ1) is 13.1. The molecular weight excluding hydrogens is 488 g/mol. The molecule has 2 rings (SSSR count). The molecule has 29 heavy (non-hydrogen) atoms. The number of nitrogens with one attached hydrogen (secondary N) is 1. The zero-order valence-corrected chi connectivity index (χ0v) is 17.2. The van der Waals surface area contributed by atoms with Gasteiger partial charge in [-0.15, -0.1) is 0 Å². The number of aromatic nitrogens is 2. The van der Waals surface area contributed by atoms with Crippen LogP contribution in [-0.4, -0.2) is 59.2 Å². The summed E-state index contributed by atoms with van der Waals surface area (Å²) in [5, 5.41) is 9.95. The summed E-state index contributed by atoms with van der Waals surface area (Å²) in [5.41, 5.74) is -0.570. The van der Waals surface area contributed by atoms with E-state index in [1.165, 1.54) is 0 Å². The highest BCUT2D eigenvalue weighted by Crippen LogP contribution is 2.66. The largest absolute Gasteiger partial charge is 0.490 e. The zero-order chi connectivity index (χ0) is 22.2. The van der Waals surface area contributed by atoms with E-state index in [0.717, 1.165) is 16.8 Å². The normalized spacial score (nSPS) is 29.3. The molecule has 1 aliphatic heterocycles. The van der Waals surface area contributed by atoms with Gasteiger partial charge in [-0.25, -0.2) is 18.1 Å². The molecule has 0 bridgehead atoms. The number of hydrogen-bond acceptors (Lipinski definition) is 10. The first-order valence-corrected chi connectivity index (χ1v) is 12.1. The first kappa shape index (κ1) is 24.6. The van der Waals surface area contributed by atoms with Crippen LogP contribution >= 0.6 is 35.7 Å². The van der Waals surface area contributed by atoms with E-state index in [-0.39, 0.29) is 4.77 Å². The lowest BCUT2D eigenvalue weighted by Gasteiger charge is -2.19. The Morgan fingerprint density at radius 3 is 2.38 bits per heavy atom. The first-order valence-electron chi connectivity index (χ1n) is 7.18. The summed E-state index contributed by atoms with van der Waals surface area (Å²) in [6.45, 7) is -1.10. The van der Waals surface area contributed by atoms with Gasteiger partial charge >= 0.3 is 23.5 Å². The summed E-state index contributed by atoms with van der Waals surface area (Å²) in [6, 6.07) is 1.01. The molecule has 6 N–H and O–H groups in total. The lowest BCUT2D eigenvalue weighted by atomic mass is 10.1. The van der Waals surface area contributed by atoms with Crippen molar-refractivity contribution in [2.75, 3.05) is 6.61 Å². The van der Waals surface area contributed by atoms with Crippen molar-refractivity contribution in [2.24, 2.45) is 0 Å². The van der Waals surface area contributed by atoms with Gasteiger partial charge in [0, 0.05) is 12.3 Å². The van der Waals surface area contributed by atoms with Crippen molar-refractivity contribution in [1.29, 1.82) is 0 Å². The molecule has 1 aliphatic rings. The van der Waals surface area contributed by atoms with Gasteiger partial charge in [-0.1, -0.05) is 0 Å². The molecule has 15 nitrogen and oxygen atoms in total. The number of alkyl halides is 1. The maximum atomic E-state index is 14.2. The summed E-state index contributed by atoms with van der Waals surface area (Å²) in [7, 11) is -16.8. The number of halogens is 1. The topological polar surface area (TPSA) is 227 Å². The number of hydrogen-bond donors (Lipinski definition) is 6. The van der Waals surface area contributed by atoms with Gasteiger partial charge in [0.25, 0.3) is 5.56 Å². The van der Waals surface area contributed by atoms with E-state index in [1.807, 2.05) is 0 Å². The molecule has 1 aromatic rings. The molecule has 0 radical (unpaired) electrons. The fraction of sp³-hybridized carbons (Fsp3) is 0.556. The molecule has 2 unspecified atom stereocenters. The SMILES string of the molecule is O=c1ccn([C@@H]2O[C@H](COP(=O)(O)OP(=O)(O)OP(=O)(O)O)[C@@H](F)[C@H]2O)c(=S)[nH]1. The van der Waals surface area contributed by atoms with Gasteiger partial charge in [0.05, 0.1) is 6.61 Å². The Hall–Kier alpha value is -0.640. The number of aliphatic hydroxyl groups is 1. The van der Waals surface area contributed by atoms with Crippen LogP contribution in [0.15, 0.2) is 17.1 Å². The number of H-pyrrole nitrogens is 1. The number of aromatic amines is 1. The van der Waals surface area contributed by atoms with E-state index in [2.05, 4.69) is 18.1 Å². The van der Waals surface area contributed by atoms with E-state index >= 15 is 0 Å². The van der Waals surface area contributed by atoms with Crippen LogP contribution in [0.1, 0.15) is 6.23 Å². The van der Waals surface area contributed by atoms with Crippen LogP contribution < -0.4 is 5.56 Å². The number of rotatable bonds is 8. The van der Waals surface area contributed by atoms with Gasteiger partial charge in [0.2, 0.25) is 0 Å². The standard InChI is InChI=1S/C9H14FN2O13P3S/c10-6-4(3-22-27(18,19)25-28(20,21)24-26(15,16)17)23-8(7(6)14)12-2-1-5(13)11-9(12)29/h1-2,4,6-8,14H,3H2,(H,18,19)(H,20,21)(H,11,13,29)(H2,15,16,17)/t4-,6-,7-,8-/m1/s1. The fourth-order valence-corrected chi connectivity index (χ4v) is 5.47. The summed E-state index contributed by atoms with van der Waals surface area (Å²) in [4.78, 5) is 48.6. The maximum absolute atomic E-state index is 14.2. The minimum atomic E-state index is -5.73. The van der Waals surface area contributed by atoms with Gasteiger partial charge in [0.15, 0.2) is 17.2 Å². The zero-order valence-electron chi connectivity index (χ0n) is 13.7. The molecule has 2 heterocycles. The lowest BCUT2D eigenvalue weighted by Crippen LogP contribution is -2.30. The quantitative estimate of drug-likeness (QED) is 0.201. The number of nitrogens with zero attached hydrogens (tertiary/aromatic N) is 1. The molecule has 0 aliphatic carbocycles. The average Bonchev–Trinajstić information content (AvgIpc) is 2.78. The highest BCUT2D eigenvalue weighted by molar-refractivity contribution is 7.71. The van der Waals surface area contributed by atoms with E-state index in [0.29, 0.717) is 0 Å². The van der Waals surface area contributed by atoms with Crippen molar-refractivity contribution in [1.82, 2.24) is 9.55 Å². The monoisotopic (exact) mass is 502 g/mol. The molecule has 1 fully saturated rings. The van der Waals surface area contributed by atoms with Crippen LogP contribution in [0.5, 0.6) is 0 Å². The molecular formula is C9H14FN2O13P3S. The van der Waals surface area contributed by atoms with Crippen molar-refractivity contribution in [3.05, 3.63) is 27.4 Å². The molecule has 0 saturated carbocycles. The third-order valence-corrected chi connectivity index (χ3v) is 7.35. The number of phosphoric ester groups is 1. The van der Waals surface area contributed by atoms with E-state index in [4.69, 9.17) is 31.6 Å². The number of ether oxygens (including phenoxy) is 1. The molecule has 1 saturated heterocycles. The van der Waals surface area contributed by atoms with Gasteiger partial charge in [-0.3, -0.25) is 18.9 Å². The van der Waals surface area contributed by atoms with Crippen LogP contribution in [0.25, 0.3) is 0 Å². The molecule has 0 aromatic carbocycles. The summed E-state index contributed by atoms with van der Waals surface area (Å²) < 4.78 is 64.9. The van der Waals surface area contributed by atoms with Crippen LogP contribution in [0.2, 0.25) is 0 Å². The van der Waals surface area contributed by atoms with Gasteiger partial charge in [0.1, 0.15) is 12.2 Å². The molecule has 1 aromatic heterocycles. The highest BCUT2D eigenvalue weighted by Gasteiger charge is 2.47. The summed E-state index contributed by atoms with van der Waals surface area (Å²) >= 11 is 4.85. The minimum absolute atomic E-state index is 0.220. The van der Waals surface area contributed by atoms with Crippen LogP contribution in [-0.2, 0) is 31.6 Å². The van der Waals surface area contributed by atoms with Crippen molar-refractivity contribution in [3.8, 4) is 0 Å². The van der Waals surface area contributed by atoms with Crippen LogP contribution in [0, 0.1) is 4.77 Å². The number of phosphoric acid groups is 3. The smallest absolute Gasteiger partial charge is 0.385 e. The Bertz CT molecular complexity index is 1010. The second kappa shape index (κ2) is 8.85. The second-order valence-electron chi connectivity index (χ2n) is 5.40. The van der Waals surface area contributed by atoms with Crippen molar-refractivity contribution >= 4 is 35.7 Å². The Morgan fingerprint density at radius 2 is 1.83 bits per heavy atom. The lowest BCUT2D eigenvalue weighted by molar-refractivity contribution is -0.0521. The summed E-state index contributed by atoms with van der Waals surface area (Å²) in [5.74, 6) is 0. The predicted octanol–water partition coefficient (Wildman–Crippen LogP) is -0.154. The van der Waals surface area contributed by atoms with Gasteiger partial charge < -0.3 is 29.4 Å². The van der Waals surface area contributed by atoms with Crippen molar-refractivity contribution in [2.45, 2.75) is 24.6 Å². The Balaban J connectivity index is 2.06. The van der Waals surface area contributed by atoms with E-state index in [9.17, 15) is 32.9 Å². The predicted molar refractivity (Wildman–Crippen MR) is 90.5 cm³/mol. The Kier molecular flexibility index (Phi) is 7.51. The average molecular weight is 502 g/mol. The Labute approximate surface area is 165 Å². The third-order valence-electron chi connectivity index (χ3n) is 3.23. The van der Waals surface area contributed by atoms with E-state index in [1.54, 1.807) is 0 Å². The molecule has 20 heteroatoms. The molecule has 0 amide bonds. The molecule has 166 valence electrons.